The first kappa shape index (κ1) is 37.7. The van der Waals surface area contributed by atoms with Crippen LogP contribution in [0.25, 0.3) is 97.4 Å². The van der Waals surface area contributed by atoms with E-state index in [-0.39, 0.29) is 0 Å². The number of thiophene rings is 1. The maximum atomic E-state index is 2.36. The Morgan fingerprint density at radius 1 is 0.250 bits per heavy atom. The smallest absolute Gasteiger partial charge is 0.0462 e. The molecule has 0 unspecified atom stereocenters. The van der Waals surface area contributed by atoms with E-state index in [1.165, 1.54) is 97.4 Å². The molecule has 0 saturated carbocycles. The largest absolute Gasteiger partial charge is 0.311 e. The maximum Gasteiger partial charge on any atom is 0.0462 e. The molecule has 0 spiro atoms. The van der Waals surface area contributed by atoms with Gasteiger partial charge in [0, 0.05) is 37.2 Å². The average Bonchev–Trinajstić information content (AvgIpc) is 3.76. The normalized spacial score (nSPS) is 11.4. The van der Waals surface area contributed by atoms with Crippen molar-refractivity contribution < 1.29 is 0 Å². The molecular formula is C62H41NS. The third kappa shape index (κ3) is 6.82. The van der Waals surface area contributed by atoms with E-state index in [9.17, 15) is 0 Å². The molecule has 0 radical (unpaired) electrons. The first-order valence-electron chi connectivity index (χ1n) is 21.9. The van der Waals surface area contributed by atoms with E-state index in [4.69, 9.17) is 0 Å². The van der Waals surface area contributed by atoms with Crippen LogP contribution in [0.5, 0.6) is 0 Å². The first-order valence-corrected chi connectivity index (χ1v) is 22.7. The molecule has 0 amide bonds. The van der Waals surface area contributed by atoms with Gasteiger partial charge < -0.3 is 4.90 Å². The summed E-state index contributed by atoms with van der Waals surface area (Å²) in [5.74, 6) is 0. The zero-order chi connectivity index (χ0) is 42.4. The van der Waals surface area contributed by atoms with E-state index < -0.39 is 0 Å². The van der Waals surface area contributed by atoms with Gasteiger partial charge in [-0.05, 0) is 126 Å². The molecule has 0 saturated heterocycles. The summed E-state index contributed by atoms with van der Waals surface area (Å²) in [7, 11) is 0. The Labute approximate surface area is 377 Å². The van der Waals surface area contributed by atoms with Crippen LogP contribution >= 0.6 is 11.3 Å². The Balaban J connectivity index is 0.888. The lowest BCUT2D eigenvalue weighted by Gasteiger charge is -2.26. The lowest BCUT2D eigenvalue weighted by Crippen LogP contribution is -2.09. The molecule has 2 heteroatoms. The minimum atomic E-state index is 1.10. The fraction of sp³-hybridized carbons (Fsp3) is 0. The predicted molar refractivity (Wildman–Crippen MR) is 276 cm³/mol. The van der Waals surface area contributed by atoms with Gasteiger partial charge in [0.2, 0.25) is 0 Å². The third-order valence-corrected chi connectivity index (χ3v) is 13.9. The monoisotopic (exact) mass is 831 g/mol. The van der Waals surface area contributed by atoms with Crippen LogP contribution in [-0.2, 0) is 0 Å². The number of hydrogen-bond donors (Lipinski definition) is 0. The van der Waals surface area contributed by atoms with Crippen LogP contribution in [0.2, 0.25) is 0 Å². The number of benzene rings is 11. The van der Waals surface area contributed by atoms with E-state index in [0.29, 0.717) is 0 Å². The minimum absolute atomic E-state index is 1.10. The summed E-state index contributed by atoms with van der Waals surface area (Å²) in [5.41, 5.74) is 15.5. The van der Waals surface area contributed by atoms with Crippen LogP contribution in [0.1, 0.15) is 0 Å². The number of nitrogens with zero attached hydrogens (tertiary/aromatic N) is 1. The SMILES string of the molecule is c1cc(-c2ccc(N(c3ccc(-c4ccc(-c5cccc6ccccc56)cc4)cc3)c3ccc(-c4cccc5ccccc45)cc3)cc2)cc(-c2cccc3c2sc2ccccc23)c1. The molecule has 0 fully saturated rings. The van der Waals surface area contributed by atoms with Gasteiger partial charge in [0.05, 0.1) is 0 Å². The molecule has 12 rings (SSSR count). The topological polar surface area (TPSA) is 3.24 Å². The summed E-state index contributed by atoms with van der Waals surface area (Å²) >= 11 is 1.88. The standard InChI is InChI=1S/C62H41NS/c1-3-17-54-45(11-1)13-8-20-56(54)47-27-25-42(26-28-47)43-29-35-51(36-30-43)63(53-39-33-48(34-40-53)57-21-9-14-46-12-2-4-18-55(46)57)52-37-31-44(32-38-52)49-15-7-16-50(41-49)58-22-10-23-60-59-19-5-6-24-61(59)64-62(58)60/h1-41H. The van der Waals surface area contributed by atoms with Crippen molar-refractivity contribution in [1.29, 1.82) is 0 Å². The highest BCUT2D eigenvalue weighted by Crippen LogP contribution is 2.42. The molecule has 0 N–H and O–H groups in total. The third-order valence-electron chi connectivity index (χ3n) is 12.7. The van der Waals surface area contributed by atoms with Gasteiger partial charge in [-0.15, -0.1) is 11.3 Å². The van der Waals surface area contributed by atoms with Crippen molar-refractivity contribution in [2.45, 2.75) is 0 Å². The van der Waals surface area contributed by atoms with Crippen molar-refractivity contribution >= 4 is 70.1 Å². The molecule has 1 heterocycles. The van der Waals surface area contributed by atoms with Crippen LogP contribution in [-0.4, -0.2) is 0 Å². The molecule has 11 aromatic carbocycles. The van der Waals surface area contributed by atoms with Crippen LogP contribution in [0, 0.1) is 0 Å². The first-order chi connectivity index (χ1) is 31.7. The zero-order valence-corrected chi connectivity index (χ0v) is 35.8. The Morgan fingerprint density at radius 3 is 1.23 bits per heavy atom. The Hall–Kier alpha value is -8.04. The van der Waals surface area contributed by atoms with E-state index in [1.54, 1.807) is 0 Å². The van der Waals surface area contributed by atoms with Crippen molar-refractivity contribution in [2.24, 2.45) is 0 Å². The van der Waals surface area contributed by atoms with E-state index in [1.807, 2.05) is 11.3 Å². The van der Waals surface area contributed by atoms with Gasteiger partial charge in [0.15, 0.2) is 0 Å². The summed E-state index contributed by atoms with van der Waals surface area (Å²) in [5, 5.41) is 7.68. The van der Waals surface area contributed by atoms with E-state index in [2.05, 4.69) is 254 Å². The van der Waals surface area contributed by atoms with Gasteiger partial charge in [-0.2, -0.15) is 0 Å². The molecule has 0 aliphatic carbocycles. The van der Waals surface area contributed by atoms with Crippen LogP contribution in [0.4, 0.5) is 17.1 Å². The second-order valence-corrected chi connectivity index (χ2v) is 17.5. The fourth-order valence-corrected chi connectivity index (χ4v) is 10.7. The molecule has 0 aliphatic heterocycles. The Bertz CT molecular complexity index is 3630. The average molecular weight is 832 g/mol. The lowest BCUT2D eigenvalue weighted by molar-refractivity contribution is 1.28. The van der Waals surface area contributed by atoms with Crippen LogP contribution in [0.15, 0.2) is 249 Å². The molecule has 64 heavy (non-hydrogen) atoms. The van der Waals surface area contributed by atoms with Crippen LogP contribution in [0.3, 0.4) is 0 Å². The van der Waals surface area contributed by atoms with Gasteiger partial charge in [-0.1, -0.05) is 200 Å². The Kier molecular flexibility index (Phi) is 9.43. The molecule has 0 bridgehead atoms. The lowest BCUT2D eigenvalue weighted by atomic mass is 9.96. The molecular weight excluding hydrogens is 791 g/mol. The molecule has 1 aromatic heterocycles. The van der Waals surface area contributed by atoms with Gasteiger partial charge >= 0.3 is 0 Å². The maximum absolute atomic E-state index is 2.36. The van der Waals surface area contributed by atoms with Gasteiger partial charge in [-0.3, -0.25) is 0 Å². The quantitative estimate of drug-likeness (QED) is 0.147. The molecule has 0 atom stereocenters. The number of anilines is 3. The van der Waals surface area contributed by atoms with E-state index in [0.717, 1.165) is 17.1 Å². The zero-order valence-electron chi connectivity index (χ0n) is 35.0. The fourth-order valence-electron chi connectivity index (χ4n) is 9.48. The minimum Gasteiger partial charge on any atom is -0.311 e. The summed E-state index contributed by atoms with van der Waals surface area (Å²) in [6.07, 6.45) is 0. The highest BCUT2D eigenvalue weighted by atomic mass is 32.1. The summed E-state index contributed by atoms with van der Waals surface area (Å²) in [6.45, 7) is 0. The number of rotatable bonds is 8. The number of fused-ring (bicyclic) bond motifs is 5. The van der Waals surface area contributed by atoms with Gasteiger partial charge in [-0.25, -0.2) is 0 Å². The summed E-state index contributed by atoms with van der Waals surface area (Å²) in [4.78, 5) is 2.36. The Morgan fingerprint density at radius 2 is 0.641 bits per heavy atom. The molecule has 300 valence electrons. The number of hydrogen-bond acceptors (Lipinski definition) is 2. The van der Waals surface area contributed by atoms with Crippen molar-refractivity contribution in [3.05, 3.63) is 249 Å². The summed E-state index contributed by atoms with van der Waals surface area (Å²) < 4.78 is 2.66. The van der Waals surface area contributed by atoms with Gasteiger partial charge in [0.25, 0.3) is 0 Å². The van der Waals surface area contributed by atoms with Crippen molar-refractivity contribution in [3.63, 3.8) is 0 Å². The van der Waals surface area contributed by atoms with Gasteiger partial charge in [0.1, 0.15) is 0 Å². The van der Waals surface area contributed by atoms with Crippen LogP contribution < -0.4 is 4.90 Å². The second-order valence-electron chi connectivity index (χ2n) is 16.5. The van der Waals surface area contributed by atoms with Crippen molar-refractivity contribution in [3.8, 4) is 55.6 Å². The highest BCUT2D eigenvalue weighted by Gasteiger charge is 2.16. The molecule has 0 aliphatic rings. The van der Waals surface area contributed by atoms with E-state index >= 15 is 0 Å². The van der Waals surface area contributed by atoms with Crippen molar-refractivity contribution in [2.75, 3.05) is 4.90 Å². The molecule has 1 nitrogen and oxygen atoms in total. The highest BCUT2D eigenvalue weighted by molar-refractivity contribution is 7.26. The summed E-state index contributed by atoms with van der Waals surface area (Å²) in [6, 6.07) is 90.8. The predicted octanol–water partition coefficient (Wildman–Crippen LogP) is 18.2. The molecule has 12 aromatic rings. The second kappa shape index (κ2) is 16.0. The van der Waals surface area contributed by atoms with Crippen molar-refractivity contribution in [1.82, 2.24) is 0 Å².